The monoisotopic (exact) mass is 316 g/mol. The zero-order chi connectivity index (χ0) is 17.3. The SMILES string of the molecule is O=C(O)C=CC(C=CC(=O)O)(CO)C(CO)=C(CO)C(=O)O. The standard InChI is InChI=1S/C13H16O9/c14-5-8(12(21)22)9(6-15)13(7-16,3-1-10(17)18)4-2-11(19)20/h1-4,14-16H,5-7H2,(H,17,18)(H,19,20)(H,21,22). The first-order chi connectivity index (χ1) is 10.2. The highest BCUT2D eigenvalue weighted by Gasteiger charge is 2.33. The number of carboxylic acid groups (broad SMARTS) is 3. The molecule has 9 nitrogen and oxygen atoms in total. The summed E-state index contributed by atoms with van der Waals surface area (Å²) < 4.78 is 0. The molecule has 0 aromatic heterocycles. The minimum absolute atomic E-state index is 0.431. The summed E-state index contributed by atoms with van der Waals surface area (Å²) >= 11 is 0. The van der Waals surface area contributed by atoms with Crippen molar-refractivity contribution < 1.29 is 45.0 Å². The molecule has 0 rings (SSSR count). The Hall–Kier alpha value is -2.49. The summed E-state index contributed by atoms with van der Waals surface area (Å²) in [5, 5.41) is 54.3. The molecule has 0 fully saturated rings. The Bertz CT molecular complexity index is 504. The van der Waals surface area contributed by atoms with Gasteiger partial charge >= 0.3 is 17.9 Å². The Balaban J connectivity index is 6.38. The highest BCUT2D eigenvalue weighted by molar-refractivity contribution is 5.89. The number of hydrogen-bond acceptors (Lipinski definition) is 6. The molecular formula is C13H16O9. The minimum atomic E-state index is -1.90. The van der Waals surface area contributed by atoms with Gasteiger partial charge in [0.2, 0.25) is 0 Å². The van der Waals surface area contributed by atoms with Crippen molar-refractivity contribution in [2.45, 2.75) is 0 Å². The normalized spacial score (nSPS) is 15.6. The lowest BCUT2D eigenvalue weighted by Gasteiger charge is -2.28. The summed E-state index contributed by atoms with van der Waals surface area (Å²) in [5.74, 6) is -4.46. The molecular weight excluding hydrogens is 300 g/mol. The fourth-order valence-electron chi connectivity index (χ4n) is 1.71. The predicted molar refractivity (Wildman–Crippen MR) is 71.9 cm³/mol. The second-order valence-electron chi connectivity index (χ2n) is 4.12. The quantitative estimate of drug-likeness (QED) is 0.280. The number of carbonyl (C=O) groups is 3. The molecule has 6 N–H and O–H groups in total. The number of hydrogen-bond donors (Lipinski definition) is 6. The van der Waals surface area contributed by atoms with Gasteiger partial charge in [0.25, 0.3) is 0 Å². The lowest BCUT2D eigenvalue weighted by molar-refractivity contribution is -0.133. The van der Waals surface area contributed by atoms with Crippen LogP contribution in [0.1, 0.15) is 0 Å². The van der Waals surface area contributed by atoms with Gasteiger partial charge in [0.05, 0.1) is 30.8 Å². The summed E-state index contributed by atoms with van der Waals surface area (Å²) in [4.78, 5) is 32.3. The van der Waals surface area contributed by atoms with Crippen LogP contribution in [0.3, 0.4) is 0 Å². The largest absolute Gasteiger partial charge is 0.478 e. The summed E-state index contributed by atoms with van der Waals surface area (Å²) in [5.41, 5.74) is -3.01. The molecule has 122 valence electrons. The molecule has 0 aliphatic carbocycles. The van der Waals surface area contributed by atoms with Crippen molar-refractivity contribution in [2.75, 3.05) is 19.8 Å². The van der Waals surface area contributed by atoms with Gasteiger partial charge in [-0.25, -0.2) is 14.4 Å². The summed E-state index contributed by atoms with van der Waals surface area (Å²) in [6.45, 7) is -2.88. The van der Waals surface area contributed by atoms with Crippen LogP contribution in [0, 0.1) is 5.41 Å². The average Bonchev–Trinajstić information content (AvgIpc) is 2.45. The number of carboxylic acids is 3. The van der Waals surface area contributed by atoms with E-state index in [0.29, 0.717) is 12.2 Å². The van der Waals surface area contributed by atoms with E-state index in [2.05, 4.69) is 0 Å². The molecule has 0 aromatic rings. The molecule has 0 unspecified atom stereocenters. The van der Waals surface area contributed by atoms with Crippen LogP contribution in [0.15, 0.2) is 35.5 Å². The Kier molecular flexibility index (Phi) is 7.73. The van der Waals surface area contributed by atoms with Crippen LogP contribution in [-0.4, -0.2) is 68.4 Å². The molecule has 0 aliphatic heterocycles. The summed E-state index contributed by atoms with van der Waals surface area (Å²) in [6.07, 6.45) is 2.79. The van der Waals surface area contributed by atoms with E-state index in [4.69, 9.17) is 20.4 Å². The molecule has 0 heterocycles. The van der Waals surface area contributed by atoms with E-state index in [1.807, 2.05) is 0 Å². The van der Waals surface area contributed by atoms with Crippen molar-refractivity contribution in [3.05, 3.63) is 35.5 Å². The zero-order valence-electron chi connectivity index (χ0n) is 11.3. The minimum Gasteiger partial charge on any atom is -0.478 e. The molecule has 0 saturated carbocycles. The third-order valence-electron chi connectivity index (χ3n) is 2.81. The molecule has 22 heavy (non-hydrogen) atoms. The van der Waals surface area contributed by atoms with Crippen molar-refractivity contribution >= 4 is 17.9 Å². The van der Waals surface area contributed by atoms with Gasteiger partial charge in [-0.2, -0.15) is 0 Å². The van der Waals surface area contributed by atoms with Gasteiger partial charge in [-0.15, -0.1) is 0 Å². The average molecular weight is 316 g/mol. The Morgan fingerprint density at radius 3 is 1.50 bits per heavy atom. The lowest BCUT2D eigenvalue weighted by atomic mass is 9.77. The maximum Gasteiger partial charge on any atom is 0.334 e. The van der Waals surface area contributed by atoms with Crippen molar-refractivity contribution in [3.8, 4) is 0 Å². The maximum atomic E-state index is 11.1. The number of rotatable bonds is 9. The summed E-state index contributed by atoms with van der Waals surface area (Å²) in [7, 11) is 0. The third kappa shape index (κ3) is 5.13. The highest BCUT2D eigenvalue weighted by Crippen LogP contribution is 2.33. The molecule has 9 heteroatoms. The van der Waals surface area contributed by atoms with Gasteiger partial charge in [-0.1, -0.05) is 12.2 Å². The second kappa shape index (κ2) is 8.72. The fraction of sp³-hybridized carbons (Fsp3) is 0.308. The summed E-state index contributed by atoms with van der Waals surface area (Å²) in [6, 6.07) is 0. The first-order valence-electron chi connectivity index (χ1n) is 5.86. The van der Waals surface area contributed by atoms with Gasteiger partial charge in [0, 0.05) is 12.2 Å². The zero-order valence-corrected chi connectivity index (χ0v) is 11.3. The van der Waals surface area contributed by atoms with Crippen LogP contribution < -0.4 is 0 Å². The van der Waals surface area contributed by atoms with E-state index in [1.54, 1.807) is 0 Å². The lowest BCUT2D eigenvalue weighted by Crippen LogP contribution is -2.30. The van der Waals surface area contributed by atoms with Crippen molar-refractivity contribution in [1.82, 2.24) is 0 Å². The molecule has 0 spiro atoms. The fourth-order valence-corrected chi connectivity index (χ4v) is 1.71. The predicted octanol–water partition coefficient (Wildman–Crippen LogP) is -1.39. The van der Waals surface area contributed by atoms with Crippen molar-refractivity contribution in [2.24, 2.45) is 5.41 Å². The molecule has 0 aliphatic rings. The molecule has 0 saturated heterocycles. The van der Waals surface area contributed by atoms with E-state index in [1.165, 1.54) is 0 Å². The van der Waals surface area contributed by atoms with Crippen LogP contribution >= 0.6 is 0 Å². The van der Waals surface area contributed by atoms with E-state index in [-0.39, 0.29) is 0 Å². The topological polar surface area (TPSA) is 173 Å². The van der Waals surface area contributed by atoms with E-state index in [9.17, 15) is 24.6 Å². The number of aliphatic hydroxyl groups excluding tert-OH is 3. The first-order valence-corrected chi connectivity index (χ1v) is 5.86. The van der Waals surface area contributed by atoms with Crippen LogP contribution in [0.2, 0.25) is 0 Å². The molecule has 0 atom stereocenters. The Morgan fingerprint density at radius 2 is 1.27 bits per heavy atom. The van der Waals surface area contributed by atoms with Gasteiger partial charge in [0.1, 0.15) is 0 Å². The van der Waals surface area contributed by atoms with Crippen LogP contribution in [0.25, 0.3) is 0 Å². The number of aliphatic hydroxyl groups is 3. The molecule has 0 bridgehead atoms. The van der Waals surface area contributed by atoms with E-state index in [0.717, 1.165) is 12.2 Å². The van der Waals surface area contributed by atoms with E-state index < -0.39 is 54.3 Å². The van der Waals surface area contributed by atoms with Crippen molar-refractivity contribution in [3.63, 3.8) is 0 Å². The smallest absolute Gasteiger partial charge is 0.334 e. The molecule has 0 aromatic carbocycles. The Morgan fingerprint density at radius 1 is 0.818 bits per heavy atom. The van der Waals surface area contributed by atoms with E-state index >= 15 is 0 Å². The van der Waals surface area contributed by atoms with Crippen LogP contribution in [0.4, 0.5) is 0 Å². The van der Waals surface area contributed by atoms with Crippen LogP contribution in [0.5, 0.6) is 0 Å². The highest BCUT2D eigenvalue weighted by atomic mass is 16.4. The van der Waals surface area contributed by atoms with Gasteiger partial charge in [-0.3, -0.25) is 0 Å². The van der Waals surface area contributed by atoms with Crippen molar-refractivity contribution in [1.29, 1.82) is 0 Å². The maximum absolute atomic E-state index is 11.1. The van der Waals surface area contributed by atoms with Gasteiger partial charge in [0.15, 0.2) is 0 Å². The first kappa shape index (κ1) is 19.5. The number of aliphatic carboxylic acids is 3. The second-order valence-corrected chi connectivity index (χ2v) is 4.12. The Labute approximate surface area is 124 Å². The van der Waals surface area contributed by atoms with Gasteiger partial charge < -0.3 is 30.6 Å². The molecule has 0 radical (unpaired) electrons. The third-order valence-corrected chi connectivity index (χ3v) is 2.81. The molecule has 0 amide bonds. The van der Waals surface area contributed by atoms with Crippen LogP contribution in [-0.2, 0) is 14.4 Å². The van der Waals surface area contributed by atoms with Gasteiger partial charge in [-0.05, 0) is 5.57 Å².